The lowest BCUT2D eigenvalue weighted by Crippen LogP contribution is -2.40. The van der Waals surface area contributed by atoms with Gasteiger partial charge >= 0.3 is 5.97 Å². The molecular weight excluding hydrogens is 522 g/mol. The number of carbonyl (C=O) groups excluding carboxylic acids is 1. The van der Waals surface area contributed by atoms with E-state index in [1.54, 1.807) is 25.1 Å². The fourth-order valence-corrected chi connectivity index (χ4v) is 5.16. The monoisotopic (exact) mass is 551 g/mol. The highest BCUT2D eigenvalue weighted by Crippen LogP contribution is 2.31. The van der Waals surface area contributed by atoms with E-state index in [0.717, 1.165) is 12.8 Å². The average Bonchev–Trinajstić information content (AvgIpc) is 3.23. The smallest absolute Gasteiger partial charge is 0.338 e. The van der Waals surface area contributed by atoms with Crippen molar-refractivity contribution in [3.63, 3.8) is 0 Å². The van der Waals surface area contributed by atoms with E-state index < -0.39 is 16.9 Å². The fraction of sp³-hybridized carbons (Fsp3) is 0.321. The molecule has 1 unspecified atom stereocenters. The lowest BCUT2D eigenvalue weighted by molar-refractivity contribution is -0.384. The molecule has 0 saturated heterocycles. The quantitative estimate of drug-likeness (QED) is 0.155. The van der Waals surface area contributed by atoms with Gasteiger partial charge < -0.3 is 14.2 Å². The SMILES string of the molecule is CCCCOc1ccc(C2C(C(=O)OCCOC)=C(C)N=c3s/c(=C\c4ccc([N+](=O)[O-])cc4)c(=O)n32)cc1. The number of fused-ring (bicyclic) bond motifs is 1. The lowest BCUT2D eigenvalue weighted by atomic mass is 9.96. The number of allylic oxidation sites excluding steroid dienone is 1. The highest BCUT2D eigenvalue weighted by Gasteiger charge is 2.33. The molecule has 204 valence electrons. The predicted molar refractivity (Wildman–Crippen MR) is 147 cm³/mol. The molecule has 0 amide bonds. The summed E-state index contributed by atoms with van der Waals surface area (Å²) < 4.78 is 18.1. The van der Waals surface area contributed by atoms with E-state index in [1.165, 1.54) is 35.1 Å². The van der Waals surface area contributed by atoms with Crippen LogP contribution in [0.4, 0.5) is 5.69 Å². The van der Waals surface area contributed by atoms with Crippen LogP contribution in [0.3, 0.4) is 0 Å². The van der Waals surface area contributed by atoms with Crippen LogP contribution < -0.4 is 19.6 Å². The number of nitro benzene ring substituents is 1. The number of unbranched alkanes of at least 4 members (excludes halogenated alkanes) is 1. The maximum Gasteiger partial charge on any atom is 0.338 e. The fourth-order valence-electron chi connectivity index (χ4n) is 4.12. The van der Waals surface area contributed by atoms with Gasteiger partial charge in [-0.1, -0.05) is 36.8 Å². The van der Waals surface area contributed by atoms with Crippen molar-refractivity contribution in [3.8, 4) is 5.75 Å². The Morgan fingerprint density at radius 2 is 1.85 bits per heavy atom. The Bertz CT molecular complexity index is 1550. The molecule has 2 aromatic carbocycles. The highest BCUT2D eigenvalue weighted by atomic mass is 32.1. The van der Waals surface area contributed by atoms with Crippen LogP contribution in [0.15, 0.2) is 69.6 Å². The van der Waals surface area contributed by atoms with E-state index in [1.807, 2.05) is 24.3 Å². The Morgan fingerprint density at radius 1 is 1.13 bits per heavy atom. The van der Waals surface area contributed by atoms with Crippen molar-refractivity contribution in [3.05, 3.63) is 101 Å². The molecule has 1 aliphatic rings. The van der Waals surface area contributed by atoms with Gasteiger partial charge in [-0.2, -0.15) is 0 Å². The number of nitro groups is 1. The summed E-state index contributed by atoms with van der Waals surface area (Å²) in [5.41, 5.74) is 1.68. The van der Waals surface area contributed by atoms with Gasteiger partial charge in [0.1, 0.15) is 12.4 Å². The summed E-state index contributed by atoms with van der Waals surface area (Å²) in [5, 5.41) is 11.0. The van der Waals surface area contributed by atoms with Gasteiger partial charge in [0.2, 0.25) is 0 Å². The van der Waals surface area contributed by atoms with Crippen LogP contribution in [0.2, 0.25) is 0 Å². The largest absolute Gasteiger partial charge is 0.494 e. The van der Waals surface area contributed by atoms with Crippen LogP contribution >= 0.6 is 11.3 Å². The number of rotatable bonds is 11. The molecule has 1 atom stereocenters. The van der Waals surface area contributed by atoms with Gasteiger partial charge in [-0.25, -0.2) is 9.79 Å². The molecule has 39 heavy (non-hydrogen) atoms. The standard InChI is InChI=1S/C28H29N3O7S/c1-4-5-14-37-22-12-8-20(9-13-22)25-24(27(33)38-16-15-36-3)18(2)29-28-30(25)26(32)23(39-28)17-19-6-10-21(11-7-19)31(34)35/h6-13,17,25H,4-5,14-16H2,1-3H3/b23-17-. The number of esters is 1. The van der Waals surface area contributed by atoms with E-state index in [0.29, 0.717) is 38.5 Å². The Morgan fingerprint density at radius 3 is 2.49 bits per heavy atom. The molecule has 0 saturated carbocycles. The molecule has 0 spiro atoms. The van der Waals surface area contributed by atoms with Crippen molar-refractivity contribution in [2.75, 3.05) is 26.9 Å². The Balaban J connectivity index is 1.79. The van der Waals surface area contributed by atoms with E-state index in [2.05, 4.69) is 11.9 Å². The van der Waals surface area contributed by atoms with Gasteiger partial charge in [0.05, 0.1) is 40.0 Å². The summed E-state index contributed by atoms with van der Waals surface area (Å²) in [6.45, 7) is 4.71. The zero-order chi connectivity index (χ0) is 27.9. The molecule has 10 nitrogen and oxygen atoms in total. The number of nitrogens with zero attached hydrogens (tertiary/aromatic N) is 3. The van der Waals surface area contributed by atoms with Gasteiger partial charge in [-0.3, -0.25) is 19.5 Å². The van der Waals surface area contributed by atoms with Crippen molar-refractivity contribution in [1.29, 1.82) is 0 Å². The number of non-ortho nitro benzene ring substituents is 1. The Labute approximate surface area is 228 Å². The Kier molecular flexibility index (Phi) is 9.05. The van der Waals surface area contributed by atoms with Gasteiger partial charge in [0.15, 0.2) is 4.80 Å². The number of benzene rings is 2. The Hall–Kier alpha value is -4.09. The molecule has 1 aromatic heterocycles. The van der Waals surface area contributed by atoms with E-state index in [9.17, 15) is 19.7 Å². The molecule has 4 rings (SSSR count). The first-order chi connectivity index (χ1) is 18.8. The van der Waals surface area contributed by atoms with Crippen molar-refractivity contribution in [2.45, 2.75) is 32.7 Å². The number of aromatic nitrogens is 1. The maximum absolute atomic E-state index is 13.7. The average molecular weight is 552 g/mol. The van der Waals surface area contributed by atoms with Crippen LogP contribution in [0, 0.1) is 10.1 Å². The molecule has 3 aromatic rings. The minimum atomic E-state index is -0.764. The number of thiazole rings is 1. The van der Waals surface area contributed by atoms with Crippen LogP contribution in [-0.4, -0.2) is 42.4 Å². The normalized spacial score (nSPS) is 15.1. The van der Waals surface area contributed by atoms with Crippen molar-refractivity contribution >= 4 is 29.1 Å². The molecule has 0 fully saturated rings. The highest BCUT2D eigenvalue weighted by molar-refractivity contribution is 7.07. The van der Waals surface area contributed by atoms with Crippen LogP contribution in [0.25, 0.3) is 6.08 Å². The summed E-state index contributed by atoms with van der Waals surface area (Å²) >= 11 is 1.18. The predicted octanol–water partition coefficient (Wildman–Crippen LogP) is 3.51. The zero-order valence-corrected chi connectivity index (χ0v) is 22.7. The molecule has 11 heteroatoms. The topological polar surface area (TPSA) is 122 Å². The van der Waals surface area contributed by atoms with Crippen molar-refractivity contribution in [1.82, 2.24) is 4.57 Å². The van der Waals surface area contributed by atoms with Crippen LogP contribution in [0.1, 0.15) is 43.9 Å². The molecule has 0 N–H and O–H groups in total. The van der Waals surface area contributed by atoms with E-state index in [4.69, 9.17) is 14.2 Å². The third kappa shape index (κ3) is 6.32. The zero-order valence-electron chi connectivity index (χ0n) is 21.9. The summed E-state index contributed by atoms with van der Waals surface area (Å²) in [6, 6.07) is 12.5. The van der Waals surface area contributed by atoms with Gasteiger partial charge in [-0.05, 0) is 54.8 Å². The number of hydrogen-bond donors (Lipinski definition) is 0. The molecule has 2 heterocycles. The second kappa shape index (κ2) is 12.6. The molecule has 0 bridgehead atoms. The second-order valence-corrected chi connectivity index (χ2v) is 9.84. The maximum atomic E-state index is 13.7. The third-order valence-electron chi connectivity index (χ3n) is 6.13. The number of carbonyl (C=O) groups is 1. The number of methoxy groups -OCH3 is 1. The first-order valence-corrected chi connectivity index (χ1v) is 13.3. The third-order valence-corrected chi connectivity index (χ3v) is 7.11. The van der Waals surface area contributed by atoms with Crippen LogP contribution in [-0.2, 0) is 14.3 Å². The molecule has 0 radical (unpaired) electrons. The van der Waals surface area contributed by atoms with Crippen molar-refractivity contribution in [2.24, 2.45) is 4.99 Å². The molecular formula is C28H29N3O7S. The summed E-state index contributed by atoms with van der Waals surface area (Å²) in [5.74, 6) is 0.119. The van der Waals surface area contributed by atoms with Crippen molar-refractivity contribution < 1.29 is 23.9 Å². The van der Waals surface area contributed by atoms with Gasteiger partial charge in [0, 0.05) is 19.2 Å². The molecule has 1 aliphatic heterocycles. The summed E-state index contributed by atoms with van der Waals surface area (Å²) in [4.78, 5) is 42.5. The first-order valence-electron chi connectivity index (χ1n) is 12.5. The minimum absolute atomic E-state index is 0.0389. The summed E-state index contributed by atoms with van der Waals surface area (Å²) in [6.07, 6.45) is 3.61. The second-order valence-electron chi connectivity index (χ2n) is 8.83. The lowest BCUT2D eigenvalue weighted by Gasteiger charge is -2.25. The summed E-state index contributed by atoms with van der Waals surface area (Å²) in [7, 11) is 1.52. The van der Waals surface area contributed by atoms with E-state index >= 15 is 0 Å². The number of hydrogen-bond acceptors (Lipinski definition) is 9. The van der Waals surface area contributed by atoms with Gasteiger partial charge in [0.25, 0.3) is 11.2 Å². The first kappa shape index (κ1) is 27.9. The number of ether oxygens (including phenoxy) is 3. The van der Waals surface area contributed by atoms with E-state index in [-0.39, 0.29) is 30.0 Å². The minimum Gasteiger partial charge on any atom is -0.494 e. The van der Waals surface area contributed by atoms with Crippen LogP contribution in [0.5, 0.6) is 5.75 Å². The van der Waals surface area contributed by atoms with Gasteiger partial charge in [-0.15, -0.1) is 0 Å². The molecule has 0 aliphatic carbocycles.